The van der Waals surface area contributed by atoms with Crippen molar-refractivity contribution in [3.63, 3.8) is 0 Å². The Balaban J connectivity index is 2.17. The topological polar surface area (TPSA) is 38.0 Å². The fraction of sp³-hybridized carbons (Fsp3) is 0.625. The number of nitrogens with two attached hydrogens (primary N) is 1. The van der Waals surface area contributed by atoms with E-state index < -0.39 is 0 Å². The van der Waals surface area contributed by atoms with Gasteiger partial charge in [-0.05, 0) is 44.1 Å². The van der Waals surface area contributed by atoms with Gasteiger partial charge >= 0.3 is 0 Å². The van der Waals surface area contributed by atoms with E-state index in [1.165, 1.54) is 42.4 Å². The van der Waals surface area contributed by atoms with Crippen LogP contribution in [0, 0.1) is 25.7 Å². The van der Waals surface area contributed by atoms with E-state index in [2.05, 4.69) is 44.4 Å². The van der Waals surface area contributed by atoms with Gasteiger partial charge in [-0.25, -0.2) is 0 Å². The molecule has 2 heteroatoms. The minimum absolute atomic E-state index is 0.316. The van der Waals surface area contributed by atoms with Gasteiger partial charge in [0.05, 0.1) is 0 Å². The maximum absolute atomic E-state index is 5.82. The molecule has 1 atom stereocenters. The van der Waals surface area contributed by atoms with Gasteiger partial charge in [-0.1, -0.05) is 49.1 Å². The van der Waals surface area contributed by atoms with E-state index in [1.54, 1.807) is 0 Å². The van der Waals surface area contributed by atoms with Crippen molar-refractivity contribution >= 4 is 0 Å². The number of hydrogen-bond donors (Lipinski definition) is 2. The van der Waals surface area contributed by atoms with Gasteiger partial charge in [0.2, 0.25) is 0 Å². The minimum Gasteiger partial charge on any atom is -0.271 e. The number of aryl methyl sites for hydroxylation is 2. The van der Waals surface area contributed by atoms with Crippen LogP contribution in [-0.2, 0) is 0 Å². The maximum atomic E-state index is 5.82. The monoisotopic (exact) mass is 246 g/mol. The Kier molecular flexibility index (Phi) is 4.41. The van der Waals surface area contributed by atoms with Crippen LogP contribution in [0.4, 0.5) is 0 Å². The standard InChI is InChI=1S/C16H26N2/c1-11-4-6-14(7-5-11)16(18-17)15-9-12(2)8-13(3)10-15/h8-11,14,16,18H,4-7,17H2,1-3H3. The Morgan fingerprint density at radius 3 is 2.11 bits per heavy atom. The Morgan fingerprint density at radius 1 is 1.06 bits per heavy atom. The van der Waals surface area contributed by atoms with Gasteiger partial charge in [-0.2, -0.15) is 0 Å². The molecular weight excluding hydrogens is 220 g/mol. The van der Waals surface area contributed by atoms with Crippen LogP contribution in [0.15, 0.2) is 18.2 Å². The molecule has 2 nitrogen and oxygen atoms in total. The zero-order valence-corrected chi connectivity index (χ0v) is 11.9. The third-order valence-electron chi connectivity index (χ3n) is 4.31. The van der Waals surface area contributed by atoms with Crippen LogP contribution in [0.5, 0.6) is 0 Å². The molecular formula is C16H26N2. The molecule has 1 aromatic carbocycles. The molecule has 0 bridgehead atoms. The van der Waals surface area contributed by atoms with E-state index in [1.807, 2.05) is 0 Å². The minimum atomic E-state index is 0.316. The van der Waals surface area contributed by atoms with Crippen molar-refractivity contribution in [2.45, 2.75) is 52.5 Å². The van der Waals surface area contributed by atoms with Crippen molar-refractivity contribution in [1.82, 2.24) is 5.43 Å². The van der Waals surface area contributed by atoms with E-state index >= 15 is 0 Å². The van der Waals surface area contributed by atoms with E-state index in [-0.39, 0.29) is 0 Å². The molecule has 1 aliphatic carbocycles. The average Bonchev–Trinajstić information content (AvgIpc) is 2.31. The molecule has 0 aromatic heterocycles. The molecule has 0 saturated heterocycles. The summed E-state index contributed by atoms with van der Waals surface area (Å²) < 4.78 is 0. The molecule has 1 fully saturated rings. The van der Waals surface area contributed by atoms with Gasteiger partial charge in [0, 0.05) is 6.04 Å². The average molecular weight is 246 g/mol. The Bertz CT molecular complexity index is 372. The molecule has 1 aliphatic rings. The Labute approximate surface area is 111 Å². The van der Waals surface area contributed by atoms with Crippen LogP contribution in [0.2, 0.25) is 0 Å². The van der Waals surface area contributed by atoms with Crippen molar-refractivity contribution in [1.29, 1.82) is 0 Å². The quantitative estimate of drug-likeness (QED) is 0.631. The number of hydrazine groups is 1. The lowest BCUT2D eigenvalue weighted by Gasteiger charge is -2.33. The summed E-state index contributed by atoms with van der Waals surface area (Å²) in [5, 5.41) is 0. The smallest absolute Gasteiger partial charge is 0.0488 e. The molecule has 0 radical (unpaired) electrons. The lowest BCUT2D eigenvalue weighted by Crippen LogP contribution is -2.35. The van der Waals surface area contributed by atoms with Crippen molar-refractivity contribution in [3.05, 3.63) is 34.9 Å². The second-order valence-electron chi connectivity index (χ2n) is 6.09. The van der Waals surface area contributed by atoms with Gasteiger partial charge in [0.1, 0.15) is 0 Å². The predicted molar refractivity (Wildman–Crippen MR) is 77.1 cm³/mol. The largest absolute Gasteiger partial charge is 0.271 e. The van der Waals surface area contributed by atoms with E-state index in [4.69, 9.17) is 5.84 Å². The normalized spacial score (nSPS) is 26.0. The zero-order chi connectivity index (χ0) is 13.1. The highest BCUT2D eigenvalue weighted by atomic mass is 15.2. The lowest BCUT2D eigenvalue weighted by atomic mass is 9.77. The summed E-state index contributed by atoms with van der Waals surface area (Å²) in [6.45, 7) is 6.68. The van der Waals surface area contributed by atoms with Crippen LogP contribution in [0.1, 0.15) is 55.3 Å². The molecule has 0 amide bonds. The molecule has 0 aliphatic heterocycles. The van der Waals surface area contributed by atoms with Gasteiger partial charge in [-0.3, -0.25) is 11.3 Å². The number of hydrogen-bond acceptors (Lipinski definition) is 2. The highest BCUT2D eigenvalue weighted by Gasteiger charge is 2.26. The maximum Gasteiger partial charge on any atom is 0.0488 e. The summed E-state index contributed by atoms with van der Waals surface area (Å²) >= 11 is 0. The molecule has 1 unspecified atom stereocenters. The van der Waals surface area contributed by atoms with E-state index in [0.717, 1.165) is 5.92 Å². The summed E-state index contributed by atoms with van der Waals surface area (Å²) in [5.74, 6) is 7.40. The van der Waals surface area contributed by atoms with Gasteiger partial charge in [-0.15, -0.1) is 0 Å². The molecule has 18 heavy (non-hydrogen) atoms. The van der Waals surface area contributed by atoms with Crippen LogP contribution in [0.3, 0.4) is 0 Å². The van der Waals surface area contributed by atoms with Crippen LogP contribution < -0.4 is 11.3 Å². The van der Waals surface area contributed by atoms with Gasteiger partial charge < -0.3 is 0 Å². The van der Waals surface area contributed by atoms with Crippen molar-refractivity contribution in [3.8, 4) is 0 Å². The number of benzene rings is 1. The first-order chi connectivity index (χ1) is 8.60. The highest BCUT2D eigenvalue weighted by Crippen LogP contribution is 2.36. The lowest BCUT2D eigenvalue weighted by molar-refractivity contribution is 0.232. The highest BCUT2D eigenvalue weighted by molar-refractivity contribution is 5.31. The SMILES string of the molecule is Cc1cc(C)cc(C(NN)C2CCC(C)CC2)c1. The Hall–Kier alpha value is -0.860. The van der Waals surface area contributed by atoms with Gasteiger partial charge in [0.15, 0.2) is 0 Å². The summed E-state index contributed by atoms with van der Waals surface area (Å²) in [4.78, 5) is 0. The second kappa shape index (κ2) is 5.85. The fourth-order valence-corrected chi connectivity index (χ4v) is 3.31. The van der Waals surface area contributed by atoms with Crippen molar-refractivity contribution in [2.75, 3.05) is 0 Å². The molecule has 0 spiro atoms. The number of rotatable bonds is 3. The number of nitrogens with one attached hydrogen (secondary N) is 1. The van der Waals surface area contributed by atoms with Crippen LogP contribution in [-0.4, -0.2) is 0 Å². The van der Waals surface area contributed by atoms with Crippen LogP contribution >= 0.6 is 0 Å². The third kappa shape index (κ3) is 3.12. The molecule has 2 rings (SSSR count). The van der Waals surface area contributed by atoms with E-state index in [9.17, 15) is 0 Å². The van der Waals surface area contributed by atoms with Crippen LogP contribution in [0.25, 0.3) is 0 Å². The second-order valence-corrected chi connectivity index (χ2v) is 6.09. The first kappa shape index (κ1) is 13.6. The van der Waals surface area contributed by atoms with Crippen molar-refractivity contribution < 1.29 is 0 Å². The van der Waals surface area contributed by atoms with E-state index in [0.29, 0.717) is 12.0 Å². The predicted octanol–water partition coefficient (Wildman–Crippen LogP) is 3.63. The van der Waals surface area contributed by atoms with Gasteiger partial charge in [0.25, 0.3) is 0 Å². The zero-order valence-electron chi connectivity index (χ0n) is 11.9. The van der Waals surface area contributed by atoms with Crippen molar-refractivity contribution in [2.24, 2.45) is 17.7 Å². The molecule has 1 aromatic rings. The fourth-order valence-electron chi connectivity index (χ4n) is 3.31. The first-order valence-corrected chi connectivity index (χ1v) is 7.14. The summed E-state index contributed by atoms with van der Waals surface area (Å²) in [6.07, 6.45) is 5.27. The summed E-state index contributed by atoms with van der Waals surface area (Å²) in [5.41, 5.74) is 7.07. The first-order valence-electron chi connectivity index (χ1n) is 7.14. The third-order valence-corrected chi connectivity index (χ3v) is 4.31. The molecule has 3 N–H and O–H groups in total. The summed E-state index contributed by atoms with van der Waals surface area (Å²) in [7, 11) is 0. The molecule has 1 saturated carbocycles. The molecule has 0 heterocycles. The summed E-state index contributed by atoms with van der Waals surface area (Å²) in [6, 6.07) is 7.08. The Morgan fingerprint density at radius 2 is 1.61 bits per heavy atom. The molecule has 100 valence electrons.